The van der Waals surface area contributed by atoms with E-state index in [0.29, 0.717) is 18.3 Å². The van der Waals surface area contributed by atoms with Crippen molar-refractivity contribution in [2.45, 2.75) is 76.7 Å². The van der Waals surface area contributed by atoms with Crippen LogP contribution in [0.25, 0.3) is 0 Å². The molecular formula is C20H30N4O. The molecule has 0 aliphatic heterocycles. The lowest BCUT2D eigenvalue weighted by Crippen LogP contribution is -2.26. The quantitative estimate of drug-likeness (QED) is 0.600. The molecule has 0 atom stereocenters. The lowest BCUT2D eigenvalue weighted by atomic mass is 9.97. The number of allylic oxidation sites excluding steroid dienone is 1. The minimum absolute atomic E-state index is 0.109. The molecule has 1 amide bonds. The Morgan fingerprint density at radius 1 is 1.08 bits per heavy atom. The molecule has 1 aromatic rings. The molecule has 2 aliphatic rings. The van der Waals surface area contributed by atoms with E-state index in [0.717, 1.165) is 12.2 Å². The molecule has 25 heavy (non-hydrogen) atoms. The van der Waals surface area contributed by atoms with Crippen LogP contribution in [0.3, 0.4) is 0 Å². The fourth-order valence-corrected chi connectivity index (χ4v) is 3.75. The Morgan fingerprint density at radius 2 is 1.92 bits per heavy atom. The molecule has 136 valence electrons. The van der Waals surface area contributed by atoms with Gasteiger partial charge in [-0.1, -0.05) is 37.3 Å². The van der Waals surface area contributed by atoms with Gasteiger partial charge in [-0.25, -0.2) is 9.97 Å². The van der Waals surface area contributed by atoms with Crippen LogP contribution in [0.15, 0.2) is 24.0 Å². The third-order valence-electron chi connectivity index (χ3n) is 5.22. The molecule has 0 bridgehead atoms. The van der Waals surface area contributed by atoms with Gasteiger partial charge in [0.25, 0.3) is 5.91 Å². The van der Waals surface area contributed by atoms with E-state index in [1.165, 1.54) is 76.1 Å². The van der Waals surface area contributed by atoms with Gasteiger partial charge in [-0.15, -0.1) is 0 Å². The number of anilines is 1. The van der Waals surface area contributed by atoms with Crippen LogP contribution in [0.5, 0.6) is 0 Å². The molecule has 0 saturated heterocycles. The summed E-state index contributed by atoms with van der Waals surface area (Å²) in [5.41, 5.74) is 1.92. The van der Waals surface area contributed by atoms with E-state index in [1.807, 2.05) is 0 Å². The number of carbonyl (C=O) groups is 1. The van der Waals surface area contributed by atoms with Crippen molar-refractivity contribution in [3.63, 3.8) is 0 Å². The fraction of sp³-hybridized carbons (Fsp3) is 0.650. The van der Waals surface area contributed by atoms with Crippen molar-refractivity contribution in [1.82, 2.24) is 15.3 Å². The average Bonchev–Trinajstić information content (AvgIpc) is 2.91. The van der Waals surface area contributed by atoms with E-state index in [-0.39, 0.29) is 5.91 Å². The molecule has 0 spiro atoms. The van der Waals surface area contributed by atoms with Gasteiger partial charge >= 0.3 is 0 Å². The molecule has 2 N–H and O–H groups in total. The average molecular weight is 342 g/mol. The van der Waals surface area contributed by atoms with Gasteiger partial charge in [-0.05, 0) is 44.9 Å². The first kappa shape index (κ1) is 17.9. The number of nitrogens with one attached hydrogen (secondary N) is 2. The van der Waals surface area contributed by atoms with Crippen LogP contribution < -0.4 is 10.6 Å². The topological polar surface area (TPSA) is 66.9 Å². The number of hydrogen-bond acceptors (Lipinski definition) is 4. The molecule has 1 saturated carbocycles. The van der Waals surface area contributed by atoms with Crippen molar-refractivity contribution in [3.05, 3.63) is 29.7 Å². The molecule has 0 aromatic carbocycles. The second-order valence-corrected chi connectivity index (χ2v) is 7.24. The molecule has 0 unspecified atom stereocenters. The second-order valence-electron chi connectivity index (χ2n) is 7.24. The normalized spacial score (nSPS) is 19.0. The predicted molar refractivity (Wildman–Crippen MR) is 101 cm³/mol. The molecule has 1 fully saturated rings. The van der Waals surface area contributed by atoms with Crippen LogP contribution >= 0.6 is 0 Å². The third kappa shape index (κ3) is 5.83. The van der Waals surface area contributed by atoms with Crippen molar-refractivity contribution in [3.8, 4) is 0 Å². The van der Waals surface area contributed by atoms with Crippen LogP contribution in [-0.2, 0) is 0 Å². The van der Waals surface area contributed by atoms with E-state index in [4.69, 9.17) is 0 Å². The Morgan fingerprint density at radius 3 is 2.68 bits per heavy atom. The third-order valence-corrected chi connectivity index (χ3v) is 5.22. The summed E-state index contributed by atoms with van der Waals surface area (Å²) in [5, 5.41) is 6.47. The van der Waals surface area contributed by atoms with Gasteiger partial charge in [0.1, 0.15) is 17.8 Å². The minimum atomic E-state index is -0.109. The minimum Gasteiger partial charge on any atom is -0.367 e. The van der Waals surface area contributed by atoms with Crippen LogP contribution in [-0.4, -0.2) is 28.5 Å². The second kappa shape index (κ2) is 9.54. The number of aromatic nitrogens is 2. The van der Waals surface area contributed by atoms with Crippen LogP contribution in [0.1, 0.15) is 81.1 Å². The highest BCUT2D eigenvalue weighted by Crippen LogP contribution is 2.21. The molecule has 3 rings (SSSR count). The van der Waals surface area contributed by atoms with Crippen molar-refractivity contribution in [2.75, 3.05) is 11.9 Å². The largest absolute Gasteiger partial charge is 0.367 e. The van der Waals surface area contributed by atoms with Gasteiger partial charge in [-0.2, -0.15) is 0 Å². The summed E-state index contributed by atoms with van der Waals surface area (Å²) in [7, 11) is 0. The Balaban J connectivity index is 1.49. The number of hydrogen-bond donors (Lipinski definition) is 2. The van der Waals surface area contributed by atoms with E-state index in [9.17, 15) is 4.79 Å². The molecule has 0 radical (unpaired) electrons. The van der Waals surface area contributed by atoms with E-state index in [1.54, 1.807) is 6.07 Å². The maximum atomic E-state index is 12.3. The van der Waals surface area contributed by atoms with Crippen LogP contribution in [0, 0.1) is 0 Å². The summed E-state index contributed by atoms with van der Waals surface area (Å²) < 4.78 is 0. The first-order valence-corrected chi connectivity index (χ1v) is 9.86. The molecule has 1 aromatic heterocycles. The number of amides is 1. The molecule has 5 heteroatoms. The predicted octanol–water partition coefficient (Wildman–Crippen LogP) is 4.23. The summed E-state index contributed by atoms with van der Waals surface area (Å²) in [6, 6.07) is 2.24. The zero-order valence-electron chi connectivity index (χ0n) is 15.1. The van der Waals surface area contributed by atoms with Crippen molar-refractivity contribution in [2.24, 2.45) is 0 Å². The van der Waals surface area contributed by atoms with Crippen LogP contribution in [0.4, 0.5) is 5.82 Å². The first-order valence-electron chi connectivity index (χ1n) is 9.86. The van der Waals surface area contributed by atoms with Crippen molar-refractivity contribution in [1.29, 1.82) is 0 Å². The Labute approximate surface area is 150 Å². The van der Waals surface area contributed by atoms with Gasteiger partial charge < -0.3 is 10.6 Å². The van der Waals surface area contributed by atoms with Gasteiger partial charge in [0, 0.05) is 18.7 Å². The molecule has 2 aliphatic carbocycles. The summed E-state index contributed by atoms with van der Waals surface area (Å²) >= 11 is 0. The Hall–Kier alpha value is -1.91. The van der Waals surface area contributed by atoms with E-state index >= 15 is 0 Å². The highest BCUT2D eigenvalue weighted by Gasteiger charge is 2.14. The molecular weight excluding hydrogens is 312 g/mol. The monoisotopic (exact) mass is 342 g/mol. The van der Waals surface area contributed by atoms with Crippen LogP contribution in [0.2, 0.25) is 0 Å². The van der Waals surface area contributed by atoms with Crippen molar-refractivity contribution >= 4 is 11.7 Å². The summed E-state index contributed by atoms with van der Waals surface area (Å²) in [6.07, 6.45) is 17.3. The smallest absolute Gasteiger partial charge is 0.270 e. The fourth-order valence-electron chi connectivity index (χ4n) is 3.75. The zero-order valence-corrected chi connectivity index (χ0v) is 15.1. The maximum absolute atomic E-state index is 12.3. The number of rotatable bonds is 6. The zero-order chi connectivity index (χ0) is 17.3. The highest BCUT2D eigenvalue weighted by molar-refractivity contribution is 5.92. The SMILES string of the molecule is O=C(NCCC1=CCCCC1)c1cc(NC2CCCCCC2)ncn1. The van der Waals surface area contributed by atoms with E-state index in [2.05, 4.69) is 26.7 Å². The number of nitrogens with zero attached hydrogens (tertiary/aromatic N) is 2. The van der Waals surface area contributed by atoms with Crippen molar-refractivity contribution < 1.29 is 4.79 Å². The Kier molecular flexibility index (Phi) is 6.83. The summed E-state index contributed by atoms with van der Waals surface area (Å²) in [5.74, 6) is 0.657. The Bertz CT molecular complexity index is 591. The van der Waals surface area contributed by atoms with Gasteiger partial charge in [0.2, 0.25) is 0 Å². The molecule has 1 heterocycles. The lowest BCUT2D eigenvalue weighted by Gasteiger charge is -2.17. The van der Waals surface area contributed by atoms with E-state index < -0.39 is 0 Å². The summed E-state index contributed by atoms with van der Waals surface area (Å²) in [6.45, 7) is 0.681. The van der Waals surface area contributed by atoms with Gasteiger partial charge in [-0.3, -0.25) is 4.79 Å². The number of carbonyl (C=O) groups excluding carboxylic acids is 1. The first-order chi connectivity index (χ1) is 12.3. The standard InChI is InChI=1S/C20H30N4O/c25-20(21-13-12-16-8-4-3-5-9-16)18-14-19(23-15-22-18)24-17-10-6-1-2-7-11-17/h8,14-15,17H,1-7,9-13H2,(H,21,25)(H,22,23,24). The van der Waals surface area contributed by atoms with Gasteiger partial charge in [0.05, 0.1) is 0 Å². The highest BCUT2D eigenvalue weighted by atomic mass is 16.1. The van der Waals surface area contributed by atoms with Gasteiger partial charge in [0.15, 0.2) is 0 Å². The molecule has 5 nitrogen and oxygen atoms in total. The summed E-state index contributed by atoms with van der Waals surface area (Å²) in [4.78, 5) is 20.8. The lowest BCUT2D eigenvalue weighted by molar-refractivity contribution is 0.0949. The maximum Gasteiger partial charge on any atom is 0.270 e.